The summed E-state index contributed by atoms with van der Waals surface area (Å²) in [5.74, 6) is -0.630. The van der Waals surface area contributed by atoms with Crippen LogP contribution in [0.5, 0.6) is 5.75 Å². The number of hydrogen-bond acceptors (Lipinski definition) is 6. The summed E-state index contributed by atoms with van der Waals surface area (Å²) in [4.78, 5) is 36.1. The molecule has 0 aliphatic carbocycles. The third-order valence-electron chi connectivity index (χ3n) is 4.15. The van der Waals surface area contributed by atoms with E-state index in [2.05, 4.69) is 10.6 Å². The van der Waals surface area contributed by atoms with Gasteiger partial charge in [0, 0.05) is 23.0 Å². The molecule has 0 atom stereocenters. The van der Waals surface area contributed by atoms with Crippen LogP contribution in [-0.2, 0) is 14.3 Å². The maximum absolute atomic E-state index is 12.4. The number of hydrogen-bond donors (Lipinski definition) is 2. The van der Waals surface area contributed by atoms with Gasteiger partial charge in [0.2, 0.25) is 0 Å². The standard InChI is InChI=1S/C24H22N2O5S/c1-2-30-21-10-8-20(9-11-21)26-24(29)18-4-6-19(7-5-18)25-22(27)15-31-23(28)12-3-17-13-14-32-16-17/h3-14,16H,2,15H2,1H3,(H,25,27)(H,26,29)/b12-3+. The van der Waals surface area contributed by atoms with E-state index in [4.69, 9.17) is 9.47 Å². The number of carbonyl (C=O) groups excluding carboxylic acids is 3. The Morgan fingerprint density at radius 2 is 1.62 bits per heavy atom. The highest BCUT2D eigenvalue weighted by molar-refractivity contribution is 7.08. The second-order valence-electron chi connectivity index (χ2n) is 6.53. The van der Waals surface area contributed by atoms with Gasteiger partial charge in [0.05, 0.1) is 6.61 Å². The molecule has 0 aliphatic rings. The minimum atomic E-state index is -0.604. The van der Waals surface area contributed by atoms with Crippen molar-refractivity contribution in [3.8, 4) is 5.75 Å². The predicted molar refractivity (Wildman–Crippen MR) is 125 cm³/mol. The lowest BCUT2D eigenvalue weighted by atomic mass is 10.2. The van der Waals surface area contributed by atoms with Crippen LogP contribution in [0.1, 0.15) is 22.8 Å². The minimum absolute atomic E-state index is 0.279. The van der Waals surface area contributed by atoms with Gasteiger partial charge in [-0.25, -0.2) is 4.79 Å². The van der Waals surface area contributed by atoms with E-state index in [0.717, 1.165) is 11.3 Å². The monoisotopic (exact) mass is 450 g/mol. The molecule has 3 aromatic rings. The number of carbonyl (C=O) groups is 3. The van der Waals surface area contributed by atoms with Gasteiger partial charge >= 0.3 is 5.97 Å². The average molecular weight is 451 g/mol. The third kappa shape index (κ3) is 7.10. The van der Waals surface area contributed by atoms with E-state index < -0.39 is 18.5 Å². The summed E-state index contributed by atoms with van der Waals surface area (Å²) in [5.41, 5.74) is 2.45. The van der Waals surface area contributed by atoms with Gasteiger partial charge in [-0.05, 0) is 83.9 Å². The van der Waals surface area contributed by atoms with Crippen LogP contribution in [0.4, 0.5) is 11.4 Å². The molecule has 0 aliphatic heterocycles. The number of thiophene rings is 1. The molecule has 0 fully saturated rings. The molecular weight excluding hydrogens is 428 g/mol. The normalized spacial score (nSPS) is 10.5. The minimum Gasteiger partial charge on any atom is -0.494 e. The molecule has 1 aromatic heterocycles. The van der Waals surface area contributed by atoms with Gasteiger partial charge < -0.3 is 20.1 Å². The summed E-state index contributed by atoms with van der Waals surface area (Å²) in [6.07, 6.45) is 2.89. The summed E-state index contributed by atoms with van der Waals surface area (Å²) in [6.45, 7) is 2.07. The van der Waals surface area contributed by atoms with Crippen molar-refractivity contribution in [3.63, 3.8) is 0 Å². The van der Waals surface area contributed by atoms with Gasteiger partial charge in [-0.15, -0.1) is 0 Å². The predicted octanol–water partition coefficient (Wildman–Crippen LogP) is 4.59. The lowest BCUT2D eigenvalue weighted by Crippen LogP contribution is -2.20. The Kier molecular flexibility index (Phi) is 8.16. The smallest absolute Gasteiger partial charge is 0.331 e. The number of esters is 1. The SMILES string of the molecule is CCOc1ccc(NC(=O)c2ccc(NC(=O)COC(=O)/C=C/c3ccsc3)cc2)cc1. The Morgan fingerprint density at radius 1 is 0.938 bits per heavy atom. The van der Waals surface area contributed by atoms with Gasteiger partial charge in [-0.3, -0.25) is 9.59 Å². The lowest BCUT2D eigenvalue weighted by molar-refractivity contribution is -0.142. The summed E-state index contributed by atoms with van der Waals surface area (Å²) in [5, 5.41) is 9.20. The molecule has 0 unspecified atom stereocenters. The molecule has 164 valence electrons. The van der Waals surface area contributed by atoms with Crippen molar-refractivity contribution in [3.05, 3.63) is 82.6 Å². The molecule has 7 nitrogen and oxygen atoms in total. The molecule has 0 radical (unpaired) electrons. The largest absolute Gasteiger partial charge is 0.494 e. The Hall–Kier alpha value is -3.91. The lowest BCUT2D eigenvalue weighted by Gasteiger charge is -2.09. The van der Waals surface area contributed by atoms with Gasteiger partial charge in [-0.2, -0.15) is 11.3 Å². The van der Waals surface area contributed by atoms with E-state index in [-0.39, 0.29) is 5.91 Å². The molecule has 1 heterocycles. The van der Waals surface area contributed by atoms with E-state index in [1.54, 1.807) is 54.6 Å². The number of anilines is 2. The van der Waals surface area contributed by atoms with Gasteiger partial charge in [0.1, 0.15) is 5.75 Å². The van der Waals surface area contributed by atoms with E-state index in [1.807, 2.05) is 23.8 Å². The first-order chi connectivity index (χ1) is 15.5. The molecule has 8 heteroatoms. The van der Waals surface area contributed by atoms with Gasteiger partial charge in [0.15, 0.2) is 6.61 Å². The second-order valence-corrected chi connectivity index (χ2v) is 7.31. The number of nitrogens with one attached hydrogen (secondary N) is 2. The Bertz CT molecular complexity index is 1070. The molecule has 0 spiro atoms. The van der Waals surface area contributed by atoms with Crippen molar-refractivity contribution >= 4 is 46.6 Å². The molecule has 0 saturated carbocycles. The molecule has 2 N–H and O–H groups in total. The Morgan fingerprint density at radius 3 is 2.28 bits per heavy atom. The first-order valence-corrected chi connectivity index (χ1v) is 10.8. The number of amides is 2. The number of benzene rings is 2. The number of ether oxygens (including phenoxy) is 2. The van der Waals surface area contributed by atoms with Crippen LogP contribution in [-0.4, -0.2) is 31.0 Å². The fourth-order valence-electron chi connectivity index (χ4n) is 2.63. The third-order valence-corrected chi connectivity index (χ3v) is 4.86. The molecular formula is C24H22N2O5S. The molecule has 2 amide bonds. The maximum atomic E-state index is 12.4. The molecule has 2 aromatic carbocycles. The van der Waals surface area contributed by atoms with Crippen molar-refractivity contribution in [2.24, 2.45) is 0 Å². The molecule has 32 heavy (non-hydrogen) atoms. The van der Waals surface area contributed by atoms with E-state index in [1.165, 1.54) is 17.4 Å². The van der Waals surface area contributed by atoms with E-state index in [0.29, 0.717) is 23.5 Å². The Labute approximate surface area is 189 Å². The van der Waals surface area contributed by atoms with Crippen molar-refractivity contribution in [1.29, 1.82) is 0 Å². The average Bonchev–Trinajstić information content (AvgIpc) is 3.32. The zero-order valence-corrected chi connectivity index (χ0v) is 18.2. The van der Waals surface area contributed by atoms with E-state index >= 15 is 0 Å². The quantitative estimate of drug-likeness (QED) is 0.367. The Balaban J connectivity index is 1.45. The highest BCUT2D eigenvalue weighted by Crippen LogP contribution is 2.17. The van der Waals surface area contributed by atoms with Crippen molar-refractivity contribution in [2.45, 2.75) is 6.92 Å². The van der Waals surface area contributed by atoms with Crippen LogP contribution < -0.4 is 15.4 Å². The summed E-state index contributed by atoms with van der Waals surface area (Å²) in [7, 11) is 0. The zero-order chi connectivity index (χ0) is 22.8. The molecule has 3 rings (SSSR count). The van der Waals surface area contributed by atoms with Crippen LogP contribution in [0.15, 0.2) is 71.4 Å². The first-order valence-electron chi connectivity index (χ1n) is 9.84. The van der Waals surface area contributed by atoms with Crippen LogP contribution in [0.3, 0.4) is 0 Å². The molecule has 0 bridgehead atoms. The van der Waals surface area contributed by atoms with Crippen LogP contribution in [0.25, 0.3) is 6.08 Å². The highest BCUT2D eigenvalue weighted by Gasteiger charge is 2.09. The van der Waals surface area contributed by atoms with E-state index in [9.17, 15) is 14.4 Å². The molecule has 0 saturated heterocycles. The highest BCUT2D eigenvalue weighted by atomic mass is 32.1. The summed E-state index contributed by atoms with van der Waals surface area (Å²) in [6, 6.07) is 15.3. The first kappa shape index (κ1) is 22.8. The van der Waals surface area contributed by atoms with Gasteiger partial charge in [0.25, 0.3) is 11.8 Å². The zero-order valence-electron chi connectivity index (χ0n) is 17.4. The number of rotatable bonds is 9. The van der Waals surface area contributed by atoms with Crippen molar-refractivity contribution < 1.29 is 23.9 Å². The summed E-state index contributed by atoms with van der Waals surface area (Å²) < 4.78 is 10.3. The van der Waals surface area contributed by atoms with Crippen LogP contribution in [0, 0.1) is 0 Å². The topological polar surface area (TPSA) is 93.7 Å². The summed E-state index contributed by atoms with van der Waals surface area (Å²) >= 11 is 1.52. The van der Waals surface area contributed by atoms with Crippen molar-refractivity contribution in [1.82, 2.24) is 0 Å². The fraction of sp³-hybridized carbons (Fsp3) is 0.125. The van der Waals surface area contributed by atoms with Crippen LogP contribution in [0.2, 0.25) is 0 Å². The maximum Gasteiger partial charge on any atom is 0.331 e. The van der Waals surface area contributed by atoms with Crippen LogP contribution >= 0.6 is 11.3 Å². The second kappa shape index (κ2) is 11.5. The van der Waals surface area contributed by atoms with Crippen molar-refractivity contribution in [2.75, 3.05) is 23.8 Å². The van der Waals surface area contributed by atoms with Gasteiger partial charge in [-0.1, -0.05) is 0 Å². The fourth-order valence-corrected chi connectivity index (χ4v) is 3.25.